The van der Waals surface area contributed by atoms with Crippen LogP contribution in [0.2, 0.25) is 5.02 Å². The van der Waals surface area contributed by atoms with Gasteiger partial charge in [-0.25, -0.2) is 9.48 Å². The maximum atomic E-state index is 14.2. The minimum atomic E-state index is -1.15. The number of hydrogen-bond acceptors (Lipinski definition) is 6. The number of fused-ring (bicyclic) bond motifs is 1. The number of rotatable bonds is 13. The van der Waals surface area contributed by atoms with Gasteiger partial charge in [-0.1, -0.05) is 62.6 Å². The zero-order chi connectivity index (χ0) is 31.1. The molecule has 0 saturated heterocycles. The summed E-state index contributed by atoms with van der Waals surface area (Å²) in [6, 6.07) is 11.9. The van der Waals surface area contributed by atoms with Crippen molar-refractivity contribution in [2.45, 2.75) is 65.5 Å². The Morgan fingerprint density at radius 3 is 2.37 bits per heavy atom. The molecule has 2 N–H and O–H groups in total. The van der Waals surface area contributed by atoms with Crippen molar-refractivity contribution in [3.8, 4) is 11.4 Å². The fraction of sp³-hybridized carbons (Fsp3) is 0.438. The first-order valence-electron chi connectivity index (χ1n) is 14.7. The summed E-state index contributed by atoms with van der Waals surface area (Å²) in [5.41, 5.74) is 3.16. The average molecular weight is 611 g/mol. The van der Waals surface area contributed by atoms with E-state index in [-0.39, 0.29) is 41.1 Å². The minimum absolute atomic E-state index is 0.108. The Morgan fingerprint density at radius 1 is 1.07 bits per heavy atom. The molecule has 0 aliphatic carbocycles. The van der Waals surface area contributed by atoms with Gasteiger partial charge in [0.15, 0.2) is 12.3 Å². The number of halogens is 1. The van der Waals surface area contributed by atoms with Crippen LogP contribution in [0.4, 0.5) is 0 Å². The molecule has 0 radical (unpaired) electrons. The number of aliphatic hydroxyl groups is 1. The Morgan fingerprint density at radius 2 is 1.74 bits per heavy atom. The summed E-state index contributed by atoms with van der Waals surface area (Å²) in [6.45, 7) is 6.52. The normalized spacial score (nSPS) is 14.3. The van der Waals surface area contributed by atoms with Crippen LogP contribution >= 0.6 is 11.6 Å². The van der Waals surface area contributed by atoms with Gasteiger partial charge in [0.25, 0.3) is 11.8 Å². The molecule has 1 aliphatic rings. The topological polar surface area (TPSA) is 125 Å². The molecule has 1 atom stereocenters. The van der Waals surface area contributed by atoms with E-state index in [2.05, 4.69) is 18.9 Å². The van der Waals surface area contributed by atoms with E-state index in [4.69, 9.17) is 21.4 Å². The number of nitrogens with zero attached hydrogens (tertiary/aromatic N) is 4. The third kappa shape index (κ3) is 7.19. The number of ether oxygens (including phenoxy) is 1. The van der Waals surface area contributed by atoms with Crippen LogP contribution in [0, 0.1) is 6.92 Å². The molecule has 0 fully saturated rings. The molecule has 4 rings (SSSR count). The molecule has 0 spiro atoms. The number of amides is 2. The Balaban J connectivity index is 1.77. The van der Waals surface area contributed by atoms with Crippen molar-refractivity contribution < 1.29 is 29.3 Å². The quantitative estimate of drug-likeness (QED) is 0.282. The van der Waals surface area contributed by atoms with Gasteiger partial charge in [-0.05, 0) is 55.5 Å². The third-order valence-corrected chi connectivity index (χ3v) is 8.16. The van der Waals surface area contributed by atoms with Gasteiger partial charge in [0, 0.05) is 19.6 Å². The van der Waals surface area contributed by atoms with Crippen LogP contribution in [0.15, 0.2) is 42.5 Å². The van der Waals surface area contributed by atoms with E-state index in [9.17, 15) is 19.5 Å². The number of aromatic nitrogens is 2. The molecule has 2 amide bonds. The van der Waals surface area contributed by atoms with Gasteiger partial charge in [-0.2, -0.15) is 5.10 Å². The standard InChI is InChI=1S/C32H39ClN4O6/c1-4-6-14-35(15-7-5-2)32(42)30-29(33)21(3)37(34-30)27-13-12-25(43-20-28(39)40)17-26(27)31(41)36-18-23-11-9-8-10-22(23)16-24(36)19-38/h8-13,17,24,38H,4-7,14-16,18-20H2,1-3H3,(H,39,40). The smallest absolute Gasteiger partial charge is 0.341 e. The molecule has 10 nitrogen and oxygen atoms in total. The zero-order valence-electron chi connectivity index (χ0n) is 24.9. The summed E-state index contributed by atoms with van der Waals surface area (Å²) >= 11 is 6.72. The van der Waals surface area contributed by atoms with E-state index in [1.54, 1.807) is 28.9 Å². The molecule has 1 aromatic heterocycles. The van der Waals surface area contributed by atoms with Gasteiger partial charge in [0.1, 0.15) is 5.75 Å². The zero-order valence-corrected chi connectivity index (χ0v) is 25.6. The Bertz CT molecular complexity index is 1460. The van der Waals surface area contributed by atoms with Gasteiger partial charge in [-0.3, -0.25) is 9.59 Å². The number of carboxylic acid groups (broad SMARTS) is 1. The van der Waals surface area contributed by atoms with Crippen LogP contribution in [0.1, 0.15) is 77.2 Å². The van der Waals surface area contributed by atoms with E-state index in [0.717, 1.165) is 36.8 Å². The summed E-state index contributed by atoms with van der Waals surface area (Å²) in [6.07, 6.45) is 4.07. The van der Waals surface area contributed by atoms with Crippen molar-refractivity contribution in [3.63, 3.8) is 0 Å². The molecule has 43 heavy (non-hydrogen) atoms. The van der Waals surface area contributed by atoms with E-state index in [0.29, 0.717) is 30.9 Å². The van der Waals surface area contributed by atoms with Crippen molar-refractivity contribution in [2.24, 2.45) is 0 Å². The Kier molecular flexibility index (Phi) is 10.8. The fourth-order valence-electron chi connectivity index (χ4n) is 5.27. The minimum Gasteiger partial charge on any atom is -0.482 e. The predicted octanol–water partition coefficient (Wildman–Crippen LogP) is 4.90. The molecule has 0 bridgehead atoms. The SMILES string of the molecule is CCCCN(CCCC)C(=O)c1nn(-c2ccc(OCC(=O)O)cc2C(=O)N2Cc3ccccc3CC2CO)c(C)c1Cl. The van der Waals surface area contributed by atoms with Crippen LogP contribution < -0.4 is 4.74 Å². The lowest BCUT2D eigenvalue weighted by atomic mass is 9.93. The second-order valence-electron chi connectivity index (χ2n) is 10.8. The highest BCUT2D eigenvalue weighted by Crippen LogP contribution is 2.31. The molecular weight excluding hydrogens is 572 g/mol. The van der Waals surface area contributed by atoms with E-state index in [1.807, 2.05) is 24.3 Å². The number of aliphatic hydroxyl groups excluding tert-OH is 1. The average Bonchev–Trinajstić information content (AvgIpc) is 3.31. The van der Waals surface area contributed by atoms with Crippen molar-refractivity contribution in [2.75, 3.05) is 26.3 Å². The summed E-state index contributed by atoms with van der Waals surface area (Å²) in [4.78, 5) is 42.4. The highest BCUT2D eigenvalue weighted by molar-refractivity contribution is 6.34. The van der Waals surface area contributed by atoms with Crippen LogP contribution in [0.3, 0.4) is 0 Å². The highest BCUT2D eigenvalue weighted by Gasteiger charge is 2.33. The monoisotopic (exact) mass is 610 g/mol. The number of unbranched alkanes of at least 4 members (excludes halogenated alkanes) is 2. The van der Waals surface area contributed by atoms with Crippen molar-refractivity contribution in [3.05, 3.63) is 75.6 Å². The van der Waals surface area contributed by atoms with E-state index >= 15 is 0 Å². The lowest BCUT2D eigenvalue weighted by Gasteiger charge is -2.36. The van der Waals surface area contributed by atoms with Gasteiger partial charge < -0.3 is 24.7 Å². The van der Waals surface area contributed by atoms with Crippen LogP contribution in [-0.2, 0) is 17.8 Å². The molecule has 1 aliphatic heterocycles. The number of carbonyl (C=O) groups excluding carboxylic acids is 2. The molecule has 2 aromatic carbocycles. The molecule has 2 heterocycles. The van der Waals surface area contributed by atoms with Crippen molar-refractivity contribution in [1.29, 1.82) is 0 Å². The lowest BCUT2D eigenvalue weighted by Crippen LogP contribution is -2.46. The number of hydrogen-bond donors (Lipinski definition) is 2. The van der Waals surface area contributed by atoms with E-state index < -0.39 is 24.5 Å². The second-order valence-corrected chi connectivity index (χ2v) is 11.1. The highest BCUT2D eigenvalue weighted by atomic mass is 35.5. The first-order chi connectivity index (χ1) is 20.7. The third-order valence-electron chi connectivity index (χ3n) is 7.71. The predicted molar refractivity (Wildman–Crippen MR) is 163 cm³/mol. The van der Waals surface area contributed by atoms with Crippen LogP contribution in [0.25, 0.3) is 5.69 Å². The first-order valence-corrected chi connectivity index (χ1v) is 15.1. The number of aliphatic carboxylic acids is 1. The number of benzene rings is 2. The number of carboxylic acids is 1. The molecule has 0 saturated carbocycles. The van der Waals surface area contributed by atoms with Crippen LogP contribution in [0.5, 0.6) is 5.75 Å². The van der Waals surface area contributed by atoms with Crippen LogP contribution in [-0.4, -0.2) is 79.9 Å². The molecular formula is C32H39ClN4O6. The second kappa shape index (κ2) is 14.5. The summed E-state index contributed by atoms with van der Waals surface area (Å²) in [5, 5.41) is 24.2. The first kappa shape index (κ1) is 32.0. The van der Waals surface area contributed by atoms with Crippen molar-refractivity contribution >= 4 is 29.4 Å². The summed E-state index contributed by atoms with van der Waals surface area (Å²) in [5.74, 6) is -1.63. The lowest BCUT2D eigenvalue weighted by molar-refractivity contribution is -0.139. The number of carbonyl (C=O) groups is 3. The molecule has 11 heteroatoms. The molecule has 3 aromatic rings. The largest absolute Gasteiger partial charge is 0.482 e. The summed E-state index contributed by atoms with van der Waals surface area (Å²) < 4.78 is 6.89. The van der Waals surface area contributed by atoms with Gasteiger partial charge >= 0.3 is 5.97 Å². The van der Waals surface area contributed by atoms with Gasteiger partial charge in [-0.15, -0.1) is 0 Å². The maximum Gasteiger partial charge on any atom is 0.341 e. The maximum absolute atomic E-state index is 14.2. The Labute approximate surface area is 256 Å². The molecule has 230 valence electrons. The van der Waals surface area contributed by atoms with E-state index in [1.165, 1.54) is 10.7 Å². The molecule has 1 unspecified atom stereocenters. The summed E-state index contributed by atoms with van der Waals surface area (Å²) in [7, 11) is 0. The van der Waals surface area contributed by atoms with Crippen molar-refractivity contribution in [1.82, 2.24) is 19.6 Å². The Hall–Kier alpha value is -3.89. The fourth-order valence-corrected chi connectivity index (χ4v) is 5.46. The van der Waals surface area contributed by atoms with Gasteiger partial charge in [0.05, 0.1) is 34.6 Å². The van der Waals surface area contributed by atoms with Gasteiger partial charge in [0.2, 0.25) is 0 Å².